The Kier molecular flexibility index (Phi) is 5.82. The van der Waals surface area contributed by atoms with Gasteiger partial charge in [-0.15, -0.1) is 0 Å². The number of aromatic nitrogens is 2. The summed E-state index contributed by atoms with van der Waals surface area (Å²) in [6.45, 7) is 1.74. The normalized spacial score (nSPS) is 15.2. The summed E-state index contributed by atoms with van der Waals surface area (Å²) in [7, 11) is 1.57. The molecular formula is C26H23FN4O4. The van der Waals surface area contributed by atoms with Crippen molar-refractivity contribution in [3.05, 3.63) is 84.3 Å². The molecule has 0 saturated carbocycles. The zero-order valence-corrected chi connectivity index (χ0v) is 19.1. The maximum Gasteiger partial charge on any atom is 0.324 e. The Morgan fingerprint density at radius 3 is 2.54 bits per heavy atom. The van der Waals surface area contributed by atoms with Crippen molar-refractivity contribution in [3.63, 3.8) is 0 Å². The van der Waals surface area contributed by atoms with Gasteiger partial charge in [0, 0.05) is 5.39 Å². The molecule has 3 amide bonds. The zero-order chi connectivity index (χ0) is 24.5. The van der Waals surface area contributed by atoms with Crippen LogP contribution in [0.3, 0.4) is 0 Å². The van der Waals surface area contributed by atoms with Crippen LogP contribution in [0.2, 0.25) is 0 Å². The average Bonchev–Trinajstić information content (AvgIpc) is 3.44. The Morgan fingerprint density at radius 1 is 1.03 bits per heavy atom. The molecule has 0 aliphatic carbocycles. The first-order chi connectivity index (χ1) is 16.9. The summed E-state index contributed by atoms with van der Waals surface area (Å²) in [6, 6.07) is 17.9. The van der Waals surface area contributed by atoms with E-state index >= 15 is 0 Å². The molecule has 35 heavy (non-hydrogen) atoms. The summed E-state index contributed by atoms with van der Waals surface area (Å²) < 4.78 is 26.8. The van der Waals surface area contributed by atoms with Crippen LogP contribution in [0.25, 0.3) is 16.6 Å². The minimum atomic E-state index is -0.650. The van der Waals surface area contributed by atoms with Gasteiger partial charge in [0.2, 0.25) is 5.91 Å². The largest absolute Gasteiger partial charge is 0.497 e. The molecule has 0 radical (unpaired) electrons. The Hall–Kier alpha value is -4.40. The van der Waals surface area contributed by atoms with Gasteiger partial charge in [-0.25, -0.2) is 13.9 Å². The Morgan fingerprint density at radius 2 is 1.83 bits per heavy atom. The fourth-order valence-electron chi connectivity index (χ4n) is 4.26. The van der Waals surface area contributed by atoms with Crippen LogP contribution in [0.5, 0.6) is 11.5 Å². The molecule has 0 bridgehead atoms. The van der Waals surface area contributed by atoms with E-state index in [1.807, 2.05) is 36.4 Å². The van der Waals surface area contributed by atoms with Gasteiger partial charge in [-0.05, 0) is 67.1 Å². The van der Waals surface area contributed by atoms with Gasteiger partial charge in [0.05, 0.1) is 37.1 Å². The second kappa shape index (κ2) is 9.09. The summed E-state index contributed by atoms with van der Waals surface area (Å²) in [6.07, 6.45) is 1.05. The van der Waals surface area contributed by atoms with Crippen molar-refractivity contribution in [2.45, 2.75) is 19.1 Å². The molecule has 0 unspecified atom stereocenters. The van der Waals surface area contributed by atoms with E-state index in [0.29, 0.717) is 11.5 Å². The van der Waals surface area contributed by atoms with Gasteiger partial charge in [0.15, 0.2) is 0 Å². The van der Waals surface area contributed by atoms with E-state index in [4.69, 9.17) is 9.47 Å². The molecule has 178 valence electrons. The van der Waals surface area contributed by atoms with Crippen LogP contribution in [0, 0.1) is 5.82 Å². The molecule has 5 rings (SSSR count). The van der Waals surface area contributed by atoms with Gasteiger partial charge in [0.25, 0.3) is 0 Å². The van der Waals surface area contributed by atoms with Crippen LogP contribution in [-0.4, -0.2) is 46.3 Å². The molecule has 8 nitrogen and oxygen atoms in total. The summed E-state index contributed by atoms with van der Waals surface area (Å²) >= 11 is 0. The molecule has 2 heterocycles. The first kappa shape index (κ1) is 22.4. The smallest absolute Gasteiger partial charge is 0.324 e. The summed E-state index contributed by atoms with van der Waals surface area (Å²) in [5.41, 5.74) is 2.31. The number of imide groups is 1. The molecular weight excluding hydrogens is 451 g/mol. The SMILES string of the molecule is COc1cccc([C@H](Oc2ccc3c(cnn3-c3ccc(F)cc3)c2)[C@@H](C)N2C(=O)CNC2=O)c1. The fraction of sp³-hybridized carbons (Fsp3) is 0.192. The Balaban J connectivity index is 1.49. The number of benzene rings is 3. The second-order valence-corrected chi connectivity index (χ2v) is 8.23. The van der Waals surface area contributed by atoms with E-state index in [2.05, 4.69) is 10.4 Å². The number of nitrogens with one attached hydrogen (secondary N) is 1. The maximum atomic E-state index is 13.3. The van der Waals surface area contributed by atoms with E-state index in [1.54, 1.807) is 43.1 Å². The zero-order valence-electron chi connectivity index (χ0n) is 19.1. The molecule has 4 aromatic rings. The summed E-state index contributed by atoms with van der Waals surface area (Å²) in [5.74, 6) is 0.554. The van der Waals surface area contributed by atoms with E-state index in [0.717, 1.165) is 22.2 Å². The molecule has 3 aromatic carbocycles. The molecule has 1 aliphatic rings. The average molecular weight is 474 g/mol. The van der Waals surface area contributed by atoms with Crippen molar-refractivity contribution in [2.75, 3.05) is 13.7 Å². The summed E-state index contributed by atoms with van der Waals surface area (Å²) in [4.78, 5) is 25.9. The second-order valence-electron chi connectivity index (χ2n) is 8.23. The molecule has 1 fully saturated rings. The number of fused-ring (bicyclic) bond motifs is 1. The van der Waals surface area contributed by atoms with Crippen LogP contribution < -0.4 is 14.8 Å². The van der Waals surface area contributed by atoms with Crippen molar-refractivity contribution in [1.82, 2.24) is 20.0 Å². The van der Waals surface area contributed by atoms with Gasteiger partial charge < -0.3 is 14.8 Å². The predicted molar refractivity (Wildman–Crippen MR) is 127 cm³/mol. The van der Waals surface area contributed by atoms with E-state index in [9.17, 15) is 14.0 Å². The highest BCUT2D eigenvalue weighted by atomic mass is 19.1. The first-order valence-electron chi connectivity index (χ1n) is 11.1. The minimum absolute atomic E-state index is 0.0392. The van der Waals surface area contributed by atoms with Crippen molar-refractivity contribution >= 4 is 22.8 Å². The molecule has 1 N–H and O–H groups in total. The van der Waals surface area contributed by atoms with Crippen molar-refractivity contribution in [3.8, 4) is 17.2 Å². The van der Waals surface area contributed by atoms with Gasteiger partial charge in [-0.3, -0.25) is 9.69 Å². The highest BCUT2D eigenvalue weighted by Gasteiger charge is 2.38. The predicted octanol–water partition coefficient (Wildman–Crippen LogP) is 4.23. The topological polar surface area (TPSA) is 85.7 Å². The molecule has 1 aliphatic heterocycles. The third-order valence-electron chi connectivity index (χ3n) is 6.02. The lowest BCUT2D eigenvalue weighted by Crippen LogP contribution is -2.43. The van der Waals surface area contributed by atoms with Crippen molar-refractivity contribution in [1.29, 1.82) is 0 Å². The summed E-state index contributed by atoms with van der Waals surface area (Å²) in [5, 5.41) is 7.81. The van der Waals surface area contributed by atoms with Crippen LogP contribution in [0.4, 0.5) is 9.18 Å². The fourth-order valence-corrected chi connectivity index (χ4v) is 4.26. The molecule has 2 atom stereocenters. The number of carbonyl (C=O) groups excluding carboxylic acids is 2. The number of hydrogen-bond donors (Lipinski definition) is 1. The highest BCUT2D eigenvalue weighted by molar-refractivity contribution is 6.02. The number of nitrogens with zero attached hydrogens (tertiary/aromatic N) is 3. The number of halogens is 1. The lowest BCUT2D eigenvalue weighted by molar-refractivity contribution is -0.127. The minimum Gasteiger partial charge on any atom is -0.497 e. The Labute approximate surface area is 200 Å². The van der Waals surface area contributed by atoms with Crippen LogP contribution in [0.1, 0.15) is 18.6 Å². The van der Waals surface area contributed by atoms with Gasteiger partial charge >= 0.3 is 6.03 Å². The number of carbonyl (C=O) groups is 2. The lowest BCUT2D eigenvalue weighted by atomic mass is 10.0. The first-order valence-corrected chi connectivity index (χ1v) is 11.1. The van der Waals surface area contributed by atoms with E-state index in [1.165, 1.54) is 17.0 Å². The number of rotatable bonds is 7. The van der Waals surface area contributed by atoms with Gasteiger partial charge in [-0.2, -0.15) is 5.10 Å². The third-order valence-corrected chi connectivity index (χ3v) is 6.02. The number of amides is 3. The van der Waals surface area contributed by atoms with Crippen molar-refractivity contribution in [2.24, 2.45) is 0 Å². The van der Waals surface area contributed by atoms with Crippen LogP contribution >= 0.6 is 0 Å². The quantitative estimate of drug-likeness (QED) is 0.405. The van der Waals surface area contributed by atoms with E-state index in [-0.39, 0.29) is 18.3 Å². The van der Waals surface area contributed by atoms with Gasteiger partial charge in [-0.1, -0.05) is 12.1 Å². The van der Waals surface area contributed by atoms with E-state index < -0.39 is 18.2 Å². The number of urea groups is 1. The molecule has 0 spiro atoms. The Bertz CT molecular complexity index is 1390. The maximum absolute atomic E-state index is 13.3. The molecule has 1 aromatic heterocycles. The lowest BCUT2D eigenvalue weighted by Gasteiger charge is -2.30. The number of methoxy groups -OCH3 is 1. The number of hydrogen-bond acceptors (Lipinski definition) is 5. The monoisotopic (exact) mass is 474 g/mol. The van der Waals surface area contributed by atoms with Crippen LogP contribution in [-0.2, 0) is 4.79 Å². The standard InChI is InChI=1S/C26H23FN4O4/c1-16(30-24(32)15-28-26(30)33)25(17-4-3-5-21(12-17)34-2)35-22-10-11-23-18(13-22)14-29-31(23)20-8-6-19(27)7-9-20/h3-14,16,25H,15H2,1-2H3,(H,28,33)/t16-,25-/m1/s1. The van der Waals surface area contributed by atoms with Crippen molar-refractivity contribution < 1.29 is 23.5 Å². The van der Waals surface area contributed by atoms with Gasteiger partial charge in [0.1, 0.15) is 23.4 Å². The number of ether oxygens (including phenoxy) is 2. The third kappa shape index (κ3) is 4.28. The highest BCUT2D eigenvalue weighted by Crippen LogP contribution is 2.32. The molecule has 9 heteroatoms. The van der Waals surface area contributed by atoms with Crippen LogP contribution in [0.15, 0.2) is 72.9 Å². The molecule has 1 saturated heterocycles.